The van der Waals surface area contributed by atoms with E-state index in [2.05, 4.69) is 10.00 Å². The number of para-hydroxylation sites is 2. The van der Waals surface area contributed by atoms with Crippen LogP contribution in [0.1, 0.15) is 0 Å². The molecule has 0 bridgehead atoms. The molecule has 3 rings (SSSR count). The van der Waals surface area contributed by atoms with Crippen LogP contribution < -0.4 is 4.90 Å². The summed E-state index contributed by atoms with van der Waals surface area (Å²) < 4.78 is 1.64. The average molecular weight is 286 g/mol. The van der Waals surface area contributed by atoms with Gasteiger partial charge < -0.3 is 14.9 Å². The van der Waals surface area contributed by atoms with Crippen LogP contribution in [0.3, 0.4) is 0 Å². The summed E-state index contributed by atoms with van der Waals surface area (Å²) in [5.74, 6) is 0.365. The van der Waals surface area contributed by atoms with Gasteiger partial charge in [0.1, 0.15) is 12.3 Å². The zero-order valence-electron chi connectivity index (χ0n) is 11.7. The van der Waals surface area contributed by atoms with Crippen LogP contribution in [0.15, 0.2) is 42.7 Å². The molecule has 0 radical (unpaired) electrons. The number of amides is 1. The fourth-order valence-corrected chi connectivity index (χ4v) is 2.56. The van der Waals surface area contributed by atoms with Crippen molar-refractivity contribution in [1.29, 1.82) is 0 Å². The zero-order chi connectivity index (χ0) is 14.7. The number of carbonyl (C=O) groups excluding carboxylic acids is 1. The summed E-state index contributed by atoms with van der Waals surface area (Å²) in [6.07, 6.45) is 3.46. The second-order valence-electron chi connectivity index (χ2n) is 5.06. The molecule has 6 heteroatoms. The predicted octanol–water partition coefficient (Wildman–Crippen LogP) is 0.937. The molecule has 1 aliphatic rings. The summed E-state index contributed by atoms with van der Waals surface area (Å²) in [6.45, 7) is 3.05. The molecule has 0 aliphatic carbocycles. The maximum Gasteiger partial charge on any atom is 0.244 e. The van der Waals surface area contributed by atoms with Crippen LogP contribution in [0, 0.1) is 0 Å². The van der Waals surface area contributed by atoms with Crippen LogP contribution in [-0.2, 0) is 11.3 Å². The predicted molar refractivity (Wildman–Crippen MR) is 79.1 cm³/mol. The van der Waals surface area contributed by atoms with Crippen LogP contribution in [-0.4, -0.2) is 51.9 Å². The van der Waals surface area contributed by atoms with Crippen molar-refractivity contribution in [1.82, 2.24) is 14.7 Å². The molecule has 1 saturated heterocycles. The van der Waals surface area contributed by atoms with Crippen molar-refractivity contribution in [3.05, 3.63) is 42.7 Å². The van der Waals surface area contributed by atoms with Gasteiger partial charge in [-0.05, 0) is 18.2 Å². The van der Waals surface area contributed by atoms with Crippen molar-refractivity contribution in [2.75, 3.05) is 31.1 Å². The first-order valence-corrected chi connectivity index (χ1v) is 7.02. The lowest BCUT2D eigenvalue weighted by atomic mass is 10.2. The van der Waals surface area contributed by atoms with Gasteiger partial charge in [0.05, 0.1) is 5.69 Å². The van der Waals surface area contributed by atoms with Gasteiger partial charge in [-0.1, -0.05) is 12.1 Å². The van der Waals surface area contributed by atoms with Crippen molar-refractivity contribution in [2.45, 2.75) is 6.54 Å². The number of phenolic OH excluding ortho intramolecular Hbond substituents is 1. The first-order chi connectivity index (χ1) is 10.2. The lowest BCUT2D eigenvalue weighted by Crippen LogP contribution is -2.49. The van der Waals surface area contributed by atoms with Crippen LogP contribution in [0.2, 0.25) is 0 Å². The van der Waals surface area contributed by atoms with Gasteiger partial charge >= 0.3 is 0 Å². The van der Waals surface area contributed by atoms with Crippen LogP contribution >= 0.6 is 0 Å². The van der Waals surface area contributed by atoms with Gasteiger partial charge in [0.25, 0.3) is 0 Å². The van der Waals surface area contributed by atoms with Crippen molar-refractivity contribution in [3.63, 3.8) is 0 Å². The molecule has 0 atom stereocenters. The van der Waals surface area contributed by atoms with Crippen LogP contribution in [0.4, 0.5) is 5.69 Å². The van der Waals surface area contributed by atoms with E-state index in [0.29, 0.717) is 13.1 Å². The largest absolute Gasteiger partial charge is 0.506 e. The Morgan fingerprint density at radius 2 is 1.90 bits per heavy atom. The smallest absolute Gasteiger partial charge is 0.244 e. The van der Waals surface area contributed by atoms with Gasteiger partial charge in [-0.25, -0.2) is 0 Å². The number of nitrogens with zero attached hydrogens (tertiary/aromatic N) is 4. The van der Waals surface area contributed by atoms with E-state index in [9.17, 15) is 9.90 Å². The SMILES string of the molecule is O=C(Cn1cccn1)N1CCN(c2ccccc2O)CC1. The number of benzene rings is 1. The number of aromatic hydroxyl groups is 1. The number of hydrogen-bond donors (Lipinski definition) is 1. The Balaban J connectivity index is 1.58. The molecule has 1 aromatic heterocycles. The molecule has 6 nitrogen and oxygen atoms in total. The van der Waals surface area contributed by atoms with Gasteiger partial charge in [0.2, 0.25) is 5.91 Å². The van der Waals surface area contributed by atoms with Gasteiger partial charge in [-0.15, -0.1) is 0 Å². The second kappa shape index (κ2) is 5.87. The molecule has 2 aromatic rings. The quantitative estimate of drug-likeness (QED) is 0.912. The number of aromatic nitrogens is 2. The van der Waals surface area contributed by atoms with Gasteiger partial charge in [0.15, 0.2) is 0 Å². The van der Waals surface area contributed by atoms with E-state index in [1.54, 1.807) is 23.1 Å². The van der Waals surface area contributed by atoms with E-state index >= 15 is 0 Å². The highest BCUT2D eigenvalue weighted by Gasteiger charge is 2.22. The maximum atomic E-state index is 12.2. The molecule has 0 unspecified atom stereocenters. The standard InChI is InChI=1S/C15H18N4O2/c20-14-5-2-1-4-13(14)17-8-10-18(11-9-17)15(21)12-19-7-3-6-16-19/h1-7,20H,8-12H2. The summed E-state index contributed by atoms with van der Waals surface area (Å²) in [6, 6.07) is 9.11. The van der Waals surface area contributed by atoms with Crippen molar-refractivity contribution in [2.24, 2.45) is 0 Å². The van der Waals surface area contributed by atoms with Crippen molar-refractivity contribution in [3.8, 4) is 5.75 Å². The molecule has 0 spiro atoms. The second-order valence-corrected chi connectivity index (χ2v) is 5.06. The normalized spacial score (nSPS) is 15.2. The topological polar surface area (TPSA) is 61.6 Å². The molecule has 1 aliphatic heterocycles. The van der Waals surface area contributed by atoms with E-state index in [1.165, 1.54) is 0 Å². The summed E-state index contributed by atoms with van der Waals surface area (Å²) in [7, 11) is 0. The van der Waals surface area contributed by atoms with E-state index in [4.69, 9.17) is 0 Å². The monoisotopic (exact) mass is 286 g/mol. The number of carbonyl (C=O) groups is 1. The van der Waals surface area contributed by atoms with Gasteiger partial charge in [0, 0.05) is 38.6 Å². The number of piperazine rings is 1. The van der Waals surface area contributed by atoms with Crippen molar-refractivity contribution >= 4 is 11.6 Å². The third-order valence-electron chi connectivity index (χ3n) is 3.71. The Bertz CT molecular complexity index is 604. The summed E-state index contributed by atoms with van der Waals surface area (Å²) in [4.78, 5) is 16.1. The third kappa shape index (κ3) is 2.99. The Hall–Kier alpha value is -2.50. The number of hydrogen-bond acceptors (Lipinski definition) is 4. The molecule has 21 heavy (non-hydrogen) atoms. The Morgan fingerprint density at radius 3 is 2.57 bits per heavy atom. The molecule has 1 amide bonds. The number of phenols is 1. The minimum Gasteiger partial charge on any atom is -0.506 e. The minimum atomic E-state index is 0.0793. The summed E-state index contributed by atoms with van der Waals surface area (Å²) >= 11 is 0. The summed E-state index contributed by atoms with van der Waals surface area (Å²) in [5, 5.41) is 13.9. The Morgan fingerprint density at radius 1 is 1.14 bits per heavy atom. The maximum absolute atomic E-state index is 12.2. The molecule has 0 saturated carbocycles. The highest BCUT2D eigenvalue weighted by molar-refractivity contribution is 5.76. The Labute approximate surface area is 123 Å². The van der Waals surface area contributed by atoms with E-state index < -0.39 is 0 Å². The van der Waals surface area contributed by atoms with E-state index in [1.807, 2.05) is 29.2 Å². The Kier molecular flexibility index (Phi) is 3.77. The minimum absolute atomic E-state index is 0.0793. The van der Waals surface area contributed by atoms with E-state index in [0.717, 1.165) is 18.8 Å². The van der Waals surface area contributed by atoms with Gasteiger partial charge in [-0.3, -0.25) is 9.48 Å². The third-order valence-corrected chi connectivity index (χ3v) is 3.71. The zero-order valence-corrected chi connectivity index (χ0v) is 11.7. The fraction of sp³-hybridized carbons (Fsp3) is 0.333. The average Bonchev–Trinajstić information content (AvgIpc) is 3.01. The molecule has 1 fully saturated rings. The first kappa shape index (κ1) is 13.5. The molecule has 1 aromatic carbocycles. The first-order valence-electron chi connectivity index (χ1n) is 7.02. The molecular weight excluding hydrogens is 268 g/mol. The number of anilines is 1. The molecule has 110 valence electrons. The molecule has 1 N–H and O–H groups in total. The molecule has 2 heterocycles. The summed E-state index contributed by atoms with van der Waals surface area (Å²) in [5.41, 5.74) is 0.830. The van der Waals surface area contributed by atoms with Crippen LogP contribution in [0.5, 0.6) is 5.75 Å². The van der Waals surface area contributed by atoms with Gasteiger partial charge in [-0.2, -0.15) is 5.10 Å². The molecular formula is C15H18N4O2. The van der Waals surface area contributed by atoms with E-state index in [-0.39, 0.29) is 18.2 Å². The highest BCUT2D eigenvalue weighted by Crippen LogP contribution is 2.27. The fourth-order valence-electron chi connectivity index (χ4n) is 2.56. The highest BCUT2D eigenvalue weighted by atomic mass is 16.3. The van der Waals surface area contributed by atoms with Crippen molar-refractivity contribution < 1.29 is 9.90 Å². The van der Waals surface area contributed by atoms with Crippen LogP contribution in [0.25, 0.3) is 0 Å². The lowest BCUT2D eigenvalue weighted by Gasteiger charge is -2.36. The number of rotatable bonds is 3. The lowest BCUT2D eigenvalue weighted by molar-refractivity contribution is -0.132.